The highest BCUT2D eigenvalue weighted by Gasteiger charge is 2.46. The van der Waals surface area contributed by atoms with Crippen molar-refractivity contribution in [3.8, 4) is 22.3 Å². The number of para-hydroxylation sites is 2. The lowest BCUT2D eigenvalue weighted by Crippen LogP contribution is -2.61. The van der Waals surface area contributed by atoms with Gasteiger partial charge in [0.2, 0.25) is 0 Å². The first-order valence-corrected chi connectivity index (χ1v) is 29.9. The molecule has 412 valence electrons. The molecule has 13 rings (SSSR count). The molecule has 84 heavy (non-hydrogen) atoms. The minimum atomic E-state index is -0.349. The summed E-state index contributed by atoms with van der Waals surface area (Å²) < 4.78 is 0. The zero-order valence-corrected chi connectivity index (χ0v) is 50.3. The molecule has 0 aliphatic carbocycles. The molecule has 2 heterocycles. The molecule has 0 spiro atoms. The van der Waals surface area contributed by atoms with E-state index in [0.29, 0.717) is 0 Å². The monoisotopic (exact) mass is 1090 g/mol. The number of nitrogens with zero attached hydrogens (tertiary/aromatic N) is 3. The fraction of sp³-hybridized carbons (Fsp3) is 0.175. The third-order valence-electron chi connectivity index (χ3n) is 18.1. The molecule has 0 saturated heterocycles. The molecule has 0 bridgehead atoms. The summed E-state index contributed by atoms with van der Waals surface area (Å²) >= 11 is 0. The standard InChI is InChI=1S/C80H74BN3/c1-77(2,3)58-39-44-66(45-40-58)83-72-47-41-60(78(4,5)6)51-69(72)81-70-52-63(79(7,8)59-32-20-13-21-33-59)43-48-73(70)84(75-54-67(53-74(83)76(75)81)82(64-35-22-14-23-36-64)65-37-24-15-25-38-65)71-46-42-62(50-68(71)56-29-18-12-19-30-56)80(9,10)61-34-26-31-57(49-61)55-27-16-11-17-28-55/h11-54H,1-10H3. The van der Waals surface area contributed by atoms with E-state index >= 15 is 0 Å². The zero-order valence-electron chi connectivity index (χ0n) is 50.3. The largest absolute Gasteiger partial charge is 0.311 e. The SMILES string of the molecule is CC(C)(C)c1ccc(N2c3ccc(C(C)(C)C)cc3B3c4cc(C(C)(C)c5ccccc5)ccc4N(c4ccc(C(C)(C)c5cccc(-c6ccccc6)c5)cc4-c4ccccc4)c4cc(N(c5ccccc5)c5ccccc5)cc2c43)cc1. The van der Waals surface area contributed by atoms with Crippen molar-refractivity contribution in [2.45, 2.75) is 90.9 Å². The Bertz CT molecular complexity index is 4160. The lowest BCUT2D eigenvalue weighted by Gasteiger charge is -2.46. The number of hydrogen-bond acceptors (Lipinski definition) is 3. The summed E-state index contributed by atoms with van der Waals surface area (Å²) in [6.07, 6.45) is 0. The molecule has 11 aromatic carbocycles. The van der Waals surface area contributed by atoms with Gasteiger partial charge in [0.1, 0.15) is 0 Å². The van der Waals surface area contributed by atoms with Gasteiger partial charge in [0, 0.05) is 56.2 Å². The van der Waals surface area contributed by atoms with Crippen LogP contribution in [0.25, 0.3) is 22.3 Å². The molecule has 0 radical (unpaired) electrons. The second kappa shape index (κ2) is 20.9. The average Bonchev–Trinajstić information content (AvgIpc) is 1.67. The summed E-state index contributed by atoms with van der Waals surface area (Å²) in [5.74, 6) is 0. The highest BCUT2D eigenvalue weighted by atomic mass is 15.2. The second-order valence-corrected chi connectivity index (χ2v) is 26.3. The van der Waals surface area contributed by atoms with E-state index in [4.69, 9.17) is 0 Å². The number of benzene rings is 11. The third kappa shape index (κ3) is 9.62. The van der Waals surface area contributed by atoms with E-state index in [0.717, 1.165) is 45.4 Å². The van der Waals surface area contributed by atoms with Crippen molar-refractivity contribution >= 4 is 74.3 Å². The molecule has 0 fully saturated rings. The molecule has 0 amide bonds. The fourth-order valence-corrected chi connectivity index (χ4v) is 13.1. The van der Waals surface area contributed by atoms with Gasteiger partial charge in [-0.05, 0) is 150 Å². The van der Waals surface area contributed by atoms with Crippen LogP contribution in [0, 0.1) is 0 Å². The first-order valence-electron chi connectivity index (χ1n) is 29.9. The lowest BCUT2D eigenvalue weighted by atomic mass is 9.33. The molecule has 0 saturated carbocycles. The molecule has 0 aromatic heterocycles. The maximum atomic E-state index is 2.64. The van der Waals surface area contributed by atoms with Crippen LogP contribution in [-0.2, 0) is 21.7 Å². The van der Waals surface area contributed by atoms with Crippen LogP contribution in [0.3, 0.4) is 0 Å². The molecule has 2 aliphatic rings. The minimum Gasteiger partial charge on any atom is -0.311 e. The Balaban J connectivity index is 1.14. The van der Waals surface area contributed by atoms with Crippen LogP contribution in [0.4, 0.5) is 51.2 Å². The van der Waals surface area contributed by atoms with Gasteiger partial charge in [-0.3, -0.25) is 0 Å². The highest BCUT2D eigenvalue weighted by molar-refractivity contribution is 7.00. The molecule has 4 heteroatoms. The predicted molar refractivity (Wildman–Crippen MR) is 361 cm³/mol. The predicted octanol–water partition coefficient (Wildman–Crippen LogP) is 19.8. The Kier molecular flexibility index (Phi) is 13.5. The number of rotatable bonds is 11. The van der Waals surface area contributed by atoms with Crippen LogP contribution in [0.2, 0.25) is 0 Å². The third-order valence-corrected chi connectivity index (χ3v) is 18.1. The van der Waals surface area contributed by atoms with Crippen molar-refractivity contribution < 1.29 is 0 Å². The van der Waals surface area contributed by atoms with Gasteiger partial charge in [-0.25, -0.2) is 0 Å². The zero-order chi connectivity index (χ0) is 58.1. The van der Waals surface area contributed by atoms with Crippen LogP contribution in [0.1, 0.15) is 103 Å². The van der Waals surface area contributed by atoms with Crippen LogP contribution in [0.15, 0.2) is 267 Å². The van der Waals surface area contributed by atoms with Gasteiger partial charge < -0.3 is 14.7 Å². The summed E-state index contributed by atoms with van der Waals surface area (Å²) in [6.45, 7) is 23.4. The van der Waals surface area contributed by atoms with Gasteiger partial charge in [0.05, 0.1) is 11.4 Å². The van der Waals surface area contributed by atoms with Crippen molar-refractivity contribution in [1.82, 2.24) is 0 Å². The summed E-state index contributed by atoms with van der Waals surface area (Å²) in [7, 11) is 0. The van der Waals surface area contributed by atoms with Gasteiger partial charge in [-0.1, -0.05) is 263 Å². The van der Waals surface area contributed by atoms with E-state index in [9.17, 15) is 0 Å². The van der Waals surface area contributed by atoms with Crippen molar-refractivity contribution in [3.05, 3.63) is 300 Å². The van der Waals surface area contributed by atoms with Gasteiger partial charge in [-0.2, -0.15) is 0 Å². The van der Waals surface area contributed by atoms with E-state index in [2.05, 4.69) is 351 Å². The molecular formula is C80H74BN3. The summed E-state index contributed by atoms with van der Waals surface area (Å²) in [6, 6.07) is 100. The van der Waals surface area contributed by atoms with Gasteiger partial charge >= 0.3 is 0 Å². The molecule has 2 aliphatic heterocycles. The Hall–Kier alpha value is -9.12. The molecule has 0 atom stereocenters. The maximum Gasteiger partial charge on any atom is 0.252 e. The maximum absolute atomic E-state index is 2.64. The Morgan fingerprint density at radius 1 is 0.286 bits per heavy atom. The van der Waals surface area contributed by atoms with Crippen LogP contribution in [-0.4, -0.2) is 6.71 Å². The average molecular weight is 1090 g/mol. The Morgan fingerprint density at radius 2 is 0.702 bits per heavy atom. The lowest BCUT2D eigenvalue weighted by molar-refractivity contribution is 0.590. The van der Waals surface area contributed by atoms with Gasteiger partial charge in [-0.15, -0.1) is 0 Å². The molecule has 0 N–H and O–H groups in total. The molecular weight excluding hydrogens is 1010 g/mol. The second-order valence-electron chi connectivity index (χ2n) is 26.3. The Labute approximate surface area is 499 Å². The smallest absolute Gasteiger partial charge is 0.252 e. The Morgan fingerprint density at radius 3 is 1.27 bits per heavy atom. The van der Waals surface area contributed by atoms with E-state index in [1.807, 2.05) is 0 Å². The number of anilines is 9. The van der Waals surface area contributed by atoms with Crippen molar-refractivity contribution in [3.63, 3.8) is 0 Å². The summed E-state index contributed by atoms with van der Waals surface area (Å²) in [5, 5.41) is 0. The first-order chi connectivity index (χ1) is 40.4. The van der Waals surface area contributed by atoms with E-state index in [1.165, 1.54) is 77.8 Å². The molecule has 11 aromatic rings. The summed E-state index contributed by atoms with van der Waals surface area (Å²) in [4.78, 5) is 7.66. The van der Waals surface area contributed by atoms with Gasteiger partial charge in [0.25, 0.3) is 6.71 Å². The normalized spacial score (nSPS) is 13.0. The molecule has 0 unspecified atom stereocenters. The van der Waals surface area contributed by atoms with Gasteiger partial charge in [0.15, 0.2) is 0 Å². The van der Waals surface area contributed by atoms with Crippen molar-refractivity contribution in [1.29, 1.82) is 0 Å². The quantitative estimate of drug-likeness (QED) is 0.120. The topological polar surface area (TPSA) is 9.72 Å². The van der Waals surface area contributed by atoms with E-state index in [1.54, 1.807) is 0 Å². The fourth-order valence-electron chi connectivity index (χ4n) is 13.1. The van der Waals surface area contributed by atoms with Crippen LogP contribution in [0.5, 0.6) is 0 Å². The minimum absolute atomic E-state index is 0.0150. The number of hydrogen-bond donors (Lipinski definition) is 0. The number of fused-ring (bicyclic) bond motifs is 4. The summed E-state index contributed by atoms with van der Waals surface area (Å²) in [5.41, 5.74) is 25.7. The van der Waals surface area contributed by atoms with E-state index < -0.39 is 0 Å². The van der Waals surface area contributed by atoms with Crippen molar-refractivity contribution in [2.75, 3.05) is 14.7 Å². The first kappa shape index (κ1) is 54.2. The molecule has 3 nitrogen and oxygen atoms in total. The van der Waals surface area contributed by atoms with Crippen LogP contribution < -0.4 is 31.1 Å². The van der Waals surface area contributed by atoms with Crippen LogP contribution >= 0.6 is 0 Å². The van der Waals surface area contributed by atoms with E-state index in [-0.39, 0.29) is 28.4 Å². The highest BCUT2D eigenvalue weighted by Crippen LogP contribution is 2.51. The van der Waals surface area contributed by atoms with Crippen molar-refractivity contribution in [2.24, 2.45) is 0 Å².